The number of carbonyl (C=O) groups is 1. The third-order valence-electron chi connectivity index (χ3n) is 4.93. The highest BCUT2D eigenvalue weighted by molar-refractivity contribution is 7.14. The van der Waals surface area contributed by atoms with Crippen LogP contribution in [0.2, 0.25) is 0 Å². The molecule has 5 nitrogen and oxygen atoms in total. The fourth-order valence-corrected chi connectivity index (χ4v) is 4.53. The van der Waals surface area contributed by atoms with Crippen LogP contribution in [0, 0.1) is 11.7 Å². The Labute approximate surface area is 153 Å². The van der Waals surface area contributed by atoms with Crippen LogP contribution in [0.5, 0.6) is 5.88 Å². The molecule has 2 aromatic heterocycles. The number of hydrogen-bond acceptors (Lipinski definition) is 4. The van der Waals surface area contributed by atoms with Crippen LogP contribution >= 0.6 is 11.3 Å². The van der Waals surface area contributed by atoms with Gasteiger partial charge in [0.25, 0.3) is 0 Å². The van der Waals surface area contributed by atoms with Gasteiger partial charge in [0, 0.05) is 10.3 Å². The maximum absolute atomic E-state index is 13.3. The Hall–Kier alpha value is -2.54. The zero-order valence-corrected chi connectivity index (χ0v) is 15.1. The molecule has 4 rings (SSSR count). The fraction of sp³-hybridized carbons (Fsp3) is 0.316. The van der Waals surface area contributed by atoms with Gasteiger partial charge in [-0.05, 0) is 55.0 Å². The Balaban J connectivity index is 1.59. The van der Waals surface area contributed by atoms with E-state index in [9.17, 15) is 14.3 Å². The van der Waals surface area contributed by atoms with E-state index in [0.29, 0.717) is 21.7 Å². The summed E-state index contributed by atoms with van der Waals surface area (Å²) >= 11 is 1.48. The van der Waals surface area contributed by atoms with Gasteiger partial charge in [-0.15, -0.1) is 21.6 Å². The van der Waals surface area contributed by atoms with Crippen LogP contribution in [0.15, 0.2) is 34.5 Å². The number of amides is 1. The van der Waals surface area contributed by atoms with Gasteiger partial charge in [-0.3, -0.25) is 4.79 Å². The number of fused-ring (bicyclic) bond motifs is 2. The lowest BCUT2D eigenvalue weighted by Gasteiger charge is -2.19. The molecule has 0 unspecified atom stereocenters. The Kier molecular flexibility index (Phi) is 4.32. The van der Waals surface area contributed by atoms with Gasteiger partial charge < -0.3 is 10.1 Å². The van der Waals surface area contributed by atoms with Crippen molar-refractivity contribution in [1.82, 2.24) is 4.98 Å². The van der Waals surface area contributed by atoms with Crippen LogP contribution in [0.4, 0.5) is 10.1 Å². The third-order valence-corrected chi connectivity index (χ3v) is 6.15. The number of aryl methyl sites for hydroxylation is 1. The summed E-state index contributed by atoms with van der Waals surface area (Å²) in [5, 5.41) is 18.2. The average molecular weight is 371 g/mol. The zero-order valence-electron chi connectivity index (χ0n) is 14.3. The van der Waals surface area contributed by atoms with Gasteiger partial charge >= 0.3 is 5.91 Å². The molecule has 0 spiro atoms. The first kappa shape index (κ1) is 16.9. The van der Waals surface area contributed by atoms with Crippen LogP contribution in [-0.2, 0) is 12.8 Å². The van der Waals surface area contributed by atoms with Crippen molar-refractivity contribution in [2.24, 2.45) is 16.1 Å². The number of rotatable bonds is 3. The summed E-state index contributed by atoms with van der Waals surface area (Å²) in [4.78, 5) is 16.9. The molecule has 1 amide bonds. The number of nitrogens with one attached hydrogen (secondary N) is 1. The van der Waals surface area contributed by atoms with Gasteiger partial charge in [0.2, 0.25) is 5.88 Å². The minimum atomic E-state index is -0.423. The predicted octanol–water partition coefficient (Wildman–Crippen LogP) is 5.51. The quantitative estimate of drug-likeness (QED) is 0.595. The molecule has 2 N–H and O–H groups in total. The highest BCUT2D eigenvalue weighted by Gasteiger charge is 2.22. The van der Waals surface area contributed by atoms with E-state index in [1.807, 2.05) is 6.07 Å². The normalized spacial score (nSPS) is 17.1. The number of aromatic hydroxyl groups is 1. The standard InChI is InChI=1S/C19H18FN3O2S/c1-2-10-3-6-15-11(7-10)8-16(26-15)18(24)23-22-17-13-5-4-12(20)9-14(13)21-19(17)25/h4-5,8-10,21,25H,2-3,6-7H2,1H3/t10-/m1/s1. The van der Waals surface area contributed by atoms with Crippen LogP contribution in [0.25, 0.3) is 10.9 Å². The Morgan fingerprint density at radius 2 is 2.27 bits per heavy atom. The summed E-state index contributed by atoms with van der Waals surface area (Å²) in [5.74, 6) is -0.398. The van der Waals surface area contributed by atoms with Gasteiger partial charge in [0.15, 0.2) is 5.69 Å². The number of nitrogens with zero attached hydrogens (tertiary/aromatic N) is 2. The molecular weight excluding hydrogens is 353 g/mol. The Bertz CT molecular complexity index is 1020. The maximum Gasteiger partial charge on any atom is 0.305 e. The number of carbonyl (C=O) groups excluding carboxylic acids is 1. The van der Waals surface area contributed by atoms with Crippen molar-refractivity contribution in [2.45, 2.75) is 32.6 Å². The van der Waals surface area contributed by atoms with Crippen molar-refractivity contribution in [3.05, 3.63) is 45.4 Å². The molecule has 1 aromatic carbocycles. The van der Waals surface area contributed by atoms with E-state index in [-0.39, 0.29) is 11.6 Å². The second-order valence-corrected chi connectivity index (χ2v) is 7.73. The lowest BCUT2D eigenvalue weighted by atomic mass is 9.87. The first-order chi connectivity index (χ1) is 12.5. The number of benzene rings is 1. The summed E-state index contributed by atoms with van der Waals surface area (Å²) < 4.78 is 13.3. The van der Waals surface area contributed by atoms with Crippen molar-refractivity contribution in [3.63, 3.8) is 0 Å². The molecule has 0 radical (unpaired) electrons. The summed E-state index contributed by atoms with van der Waals surface area (Å²) in [6.07, 6.45) is 4.34. The molecule has 0 saturated heterocycles. The second kappa shape index (κ2) is 6.64. The van der Waals surface area contributed by atoms with Gasteiger partial charge in [-0.2, -0.15) is 0 Å². The molecule has 26 heavy (non-hydrogen) atoms. The molecule has 1 aliphatic rings. The molecule has 3 aromatic rings. The van der Waals surface area contributed by atoms with E-state index in [2.05, 4.69) is 22.1 Å². The molecule has 0 bridgehead atoms. The number of H-pyrrole nitrogens is 1. The molecule has 1 aliphatic carbocycles. The van der Waals surface area contributed by atoms with Crippen LogP contribution in [-0.4, -0.2) is 16.0 Å². The number of aromatic nitrogens is 1. The predicted molar refractivity (Wildman–Crippen MR) is 98.9 cm³/mol. The number of aromatic amines is 1. The highest BCUT2D eigenvalue weighted by atomic mass is 32.1. The topological polar surface area (TPSA) is 77.8 Å². The van der Waals surface area contributed by atoms with Gasteiger partial charge in [-0.1, -0.05) is 13.3 Å². The van der Waals surface area contributed by atoms with Gasteiger partial charge in [-0.25, -0.2) is 4.39 Å². The lowest BCUT2D eigenvalue weighted by Crippen LogP contribution is -2.10. The molecule has 0 fully saturated rings. The minimum Gasteiger partial charge on any atom is -0.493 e. The molecular formula is C19H18FN3O2S. The molecule has 2 heterocycles. The van der Waals surface area contributed by atoms with Crippen LogP contribution in [0.1, 0.15) is 39.9 Å². The van der Waals surface area contributed by atoms with Crippen molar-refractivity contribution < 1.29 is 14.3 Å². The van der Waals surface area contributed by atoms with E-state index < -0.39 is 11.7 Å². The first-order valence-corrected chi connectivity index (χ1v) is 9.44. The maximum atomic E-state index is 13.3. The van der Waals surface area contributed by atoms with E-state index in [4.69, 9.17) is 0 Å². The van der Waals surface area contributed by atoms with Crippen LogP contribution in [0.3, 0.4) is 0 Å². The lowest BCUT2D eigenvalue weighted by molar-refractivity contribution is 0.0999. The first-order valence-electron chi connectivity index (χ1n) is 8.63. The zero-order chi connectivity index (χ0) is 18.3. The van der Waals surface area contributed by atoms with Crippen molar-refractivity contribution >= 4 is 33.8 Å². The van der Waals surface area contributed by atoms with Gasteiger partial charge in [0.1, 0.15) is 5.82 Å². The van der Waals surface area contributed by atoms with Crippen molar-refractivity contribution in [1.29, 1.82) is 0 Å². The second-order valence-electron chi connectivity index (χ2n) is 6.59. The summed E-state index contributed by atoms with van der Waals surface area (Å²) in [7, 11) is 0. The monoisotopic (exact) mass is 371 g/mol. The smallest absolute Gasteiger partial charge is 0.305 e. The average Bonchev–Trinajstić information content (AvgIpc) is 3.18. The fourth-order valence-electron chi connectivity index (χ4n) is 3.44. The van der Waals surface area contributed by atoms with Crippen LogP contribution < -0.4 is 0 Å². The van der Waals surface area contributed by atoms with Crippen molar-refractivity contribution in [2.75, 3.05) is 0 Å². The largest absolute Gasteiger partial charge is 0.493 e. The summed E-state index contributed by atoms with van der Waals surface area (Å²) in [6, 6.07) is 5.95. The summed E-state index contributed by atoms with van der Waals surface area (Å²) in [5.41, 5.74) is 1.79. The molecule has 7 heteroatoms. The molecule has 1 atom stereocenters. The Morgan fingerprint density at radius 1 is 1.42 bits per heavy atom. The van der Waals surface area contributed by atoms with Crippen molar-refractivity contribution in [3.8, 4) is 5.88 Å². The van der Waals surface area contributed by atoms with E-state index in [0.717, 1.165) is 19.3 Å². The van der Waals surface area contributed by atoms with Gasteiger partial charge in [0.05, 0.1) is 10.4 Å². The minimum absolute atomic E-state index is 0.140. The molecule has 0 aliphatic heterocycles. The number of azo groups is 1. The Morgan fingerprint density at radius 3 is 3.08 bits per heavy atom. The number of halogens is 1. The highest BCUT2D eigenvalue weighted by Crippen LogP contribution is 2.37. The number of thiophene rings is 1. The SMILES string of the molecule is CC[C@@H]1CCc2sc(C(=O)N=Nc3c(O)[nH]c4cc(F)ccc34)cc2C1. The molecule has 0 saturated carbocycles. The van der Waals surface area contributed by atoms with E-state index in [1.54, 1.807) is 0 Å². The van der Waals surface area contributed by atoms with E-state index >= 15 is 0 Å². The third kappa shape index (κ3) is 3.03. The van der Waals surface area contributed by atoms with E-state index in [1.165, 1.54) is 46.4 Å². The number of hydrogen-bond donors (Lipinski definition) is 2. The summed E-state index contributed by atoms with van der Waals surface area (Å²) in [6.45, 7) is 2.20. The molecule has 134 valence electrons.